The van der Waals surface area contributed by atoms with Gasteiger partial charge in [0.15, 0.2) is 0 Å². The van der Waals surface area contributed by atoms with Crippen LogP contribution in [-0.4, -0.2) is 24.7 Å². The minimum absolute atomic E-state index is 0.0353. The molecule has 0 bridgehead atoms. The zero-order chi connectivity index (χ0) is 16.1. The largest absolute Gasteiger partial charge is 0.496 e. The lowest BCUT2D eigenvalue weighted by Crippen LogP contribution is -2.28. The number of rotatable bonds is 5. The van der Waals surface area contributed by atoms with Crippen LogP contribution in [0.15, 0.2) is 42.5 Å². The van der Waals surface area contributed by atoms with Crippen LogP contribution < -0.4 is 10.1 Å². The first-order chi connectivity index (χ1) is 10.5. The molecular formula is C16H15Cl2NO3. The first-order valence-electron chi connectivity index (χ1n) is 6.56. The summed E-state index contributed by atoms with van der Waals surface area (Å²) < 4.78 is 5.13. The molecule has 2 aromatic carbocycles. The van der Waals surface area contributed by atoms with Crippen molar-refractivity contribution in [3.8, 4) is 5.75 Å². The molecule has 1 unspecified atom stereocenters. The van der Waals surface area contributed by atoms with Crippen LogP contribution in [0.5, 0.6) is 5.75 Å². The van der Waals surface area contributed by atoms with Crippen molar-refractivity contribution in [2.24, 2.45) is 0 Å². The van der Waals surface area contributed by atoms with Gasteiger partial charge in [0, 0.05) is 16.6 Å². The molecule has 0 fully saturated rings. The molecule has 0 spiro atoms. The second-order valence-electron chi connectivity index (χ2n) is 4.63. The molecule has 116 valence electrons. The summed E-state index contributed by atoms with van der Waals surface area (Å²) in [7, 11) is 1.49. The minimum Gasteiger partial charge on any atom is -0.496 e. The molecule has 0 heterocycles. The van der Waals surface area contributed by atoms with Gasteiger partial charge in [0.25, 0.3) is 5.91 Å². The van der Waals surface area contributed by atoms with Crippen LogP contribution in [0.25, 0.3) is 0 Å². The molecule has 0 aliphatic rings. The predicted octanol–water partition coefficient (Wildman–Crippen LogP) is 3.47. The van der Waals surface area contributed by atoms with E-state index < -0.39 is 6.10 Å². The van der Waals surface area contributed by atoms with Gasteiger partial charge in [-0.3, -0.25) is 4.79 Å². The summed E-state index contributed by atoms with van der Waals surface area (Å²) in [4.78, 5) is 12.1. The molecule has 4 nitrogen and oxygen atoms in total. The fourth-order valence-corrected chi connectivity index (χ4v) is 2.55. The number of benzene rings is 2. The number of amides is 1. The highest BCUT2D eigenvalue weighted by Gasteiger charge is 2.14. The summed E-state index contributed by atoms with van der Waals surface area (Å²) >= 11 is 11.8. The highest BCUT2D eigenvalue weighted by Crippen LogP contribution is 2.23. The Balaban J connectivity index is 2.04. The fourth-order valence-electron chi connectivity index (χ4n) is 2.00. The maximum absolute atomic E-state index is 12.1. The van der Waals surface area contributed by atoms with Gasteiger partial charge in [0.05, 0.1) is 18.8 Å². The lowest BCUT2D eigenvalue weighted by Gasteiger charge is -2.14. The number of hydrogen-bond acceptors (Lipinski definition) is 3. The van der Waals surface area contributed by atoms with Crippen LogP contribution in [0.2, 0.25) is 10.0 Å². The monoisotopic (exact) mass is 339 g/mol. The van der Waals surface area contributed by atoms with Crippen molar-refractivity contribution < 1.29 is 14.6 Å². The van der Waals surface area contributed by atoms with Gasteiger partial charge in [-0.15, -0.1) is 0 Å². The molecule has 2 rings (SSSR count). The Hall–Kier alpha value is -1.75. The minimum atomic E-state index is -0.908. The zero-order valence-electron chi connectivity index (χ0n) is 11.8. The Morgan fingerprint density at radius 1 is 1.23 bits per heavy atom. The lowest BCUT2D eigenvalue weighted by atomic mass is 10.1. The number of carbonyl (C=O) groups is 1. The quantitative estimate of drug-likeness (QED) is 0.876. The molecule has 6 heteroatoms. The third-order valence-corrected chi connectivity index (χ3v) is 3.51. The number of aliphatic hydroxyl groups is 1. The van der Waals surface area contributed by atoms with E-state index in [2.05, 4.69) is 5.32 Å². The summed E-state index contributed by atoms with van der Waals surface area (Å²) in [6, 6.07) is 11.6. The molecule has 22 heavy (non-hydrogen) atoms. The Kier molecular flexibility index (Phi) is 5.66. The second-order valence-corrected chi connectivity index (χ2v) is 5.50. The van der Waals surface area contributed by atoms with E-state index in [9.17, 15) is 9.90 Å². The van der Waals surface area contributed by atoms with Crippen LogP contribution in [-0.2, 0) is 0 Å². The highest BCUT2D eigenvalue weighted by atomic mass is 35.5. The Morgan fingerprint density at radius 2 is 1.86 bits per heavy atom. The number of aliphatic hydroxyl groups excluding tert-OH is 1. The molecule has 0 aliphatic heterocycles. The summed E-state index contributed by atoms with van der Waals surface area (Å²) in [5.74, 6) is 0.143. The van der Waals surface area contributed by atoms with Crippen LogP contribution in [0, 0.1) is 0 Å². The van der Waals surface area contributed by atoms with Crippen molar-refractivity contribution in [1.82, 2.24) is 5.32 Å². The van der Waals surface area contributed by atoms with Crippen LogP contribution >= 0.6 is 23.2 Å². The van der Waals surface area contributed by atoms with Crippen molar-refractivity contribution in [2.45, 2.75) is 6.10 Å². The fraction of sp³-hybridized carbons (Fsp3) is 0.188. The topological polar surface area (TPSA) is 58.6 Å². The summed E-state index contributed by atoms with van der Waals surface area (Å²) in [6.45, 7) is 0.0353. The Labute approximate surface area is 138 Å². The molecular weight excluding hydrogens is 325 g/mol. The second kappa shape index (κ2) is 7.49. The van der Waals surface area contributed by atoms with Crippen molar-refractivity contribution in [3.63, 3.8) is 0 Å². The molecule has 0 radical (unpaired) electrons. The van der Waals surface area contributed by atoms with E-state index >= 15 is 0 Å². The van der Waals surface area contributed by atoms with E-state index in [-0.39, 0.29) is 12.5 Å². The van der Waals surface area contributed by atoms with Gasteiger partial charge in [-0.2, -0.15) is 0 Å². The van der Waals surface area contributed by atoms with Gasteiger partial charge < -0.3 is 15.2 Å². The number of methoxy groups -OCH3 is 1. The average molecular weight is 340 g/mol. The van der Waals surface area contributed by atoms with Crippen LogP contribution in [0.1, 0.15) is 22.0 Å². The maximum Gasteiger partial charge on any atom is 0.255 e. The molecule has 0 saturated carbocycles. The van der Waals surface area contributed by atoms with Gasteiger partial charge in [-0.25, -0.2) is 0 Å². The number of halogens is 2. The predicted molar refractivity (Wildman–Crippen MR) is 86.7 cm³/mol. The number of para-hydroxylation sites is 1. The molecule has 1 amide bonds. The summed E-state index contributed by atoms with van der Waals surface area (Å²) in [6.07, 6.45) is -0.908. The first kappa shape index (κ1) is 16.6. The standard InChI is InChI=1S/C16H15Cl2NO3/c1-22-15-5-3-2-4-13(15)16(21)19-9-14(20)10-6-11(17)8-12(18)7-10/h2-8,14,20H,9H2,1H3,(H,19,21). The maximum atomic E-state index is 12.1. The third kappa shape index (κ3) is 4.13. The third-order valence-electron chi connectivity index (χ3n) is 3.08. The van der Waals surface area contributed by atoms with Crippen LogP contribution in [0.4, 0.5) is 0 Å². The van der Waals surface area contributed by atoms with E-state index in [1.807, 2.05) is 0 Å². The zero-order valence-corrected chi connectivity index (χ0v) is 13.4. The van der Waals surface area contributed by atoms with E-state index in [1.165, 1.54) is 7.11 Å². The first-order valence-corrected chi connectivity index (χ1v) is 7.32. The van der Waals surface area contributed by atoms with Crippen molar-refractivity contribution in [1.29, 1.82) is 0 Å². The van der Waals surface area contributed by atoms with E-state index in [0.717, 1.165) is 0 Å². The van der Waals surface area contributed by atoms with Crippen molar-refractivity contribution in [3.05, 3.63) is 63.6 Å². The average Bonchev–Trinajstić information content (AvgIpc) is 2.51. The van der Waals surface area contributed by atoms with Gasteiger partial charge in [0.2, 0.25) is 0 Å². The van der Waals surface area contributed by atoms with Crippen LogP contribution in [0.3, 0.4) is 0 Å². The number of nitrogens with one attached hydrogen (secondary N) is 1. The van der Waals surface area contributed by atoms with Gasteiger partial charge >= 0.3 is 0 Å². The number of ether oxygens (including phenoxy) is 1. The van der Waals surface area contributed by atoms with E-state index in [0.29, 0.717) is 26.9 Å². The molecule has 0 saturated heterocycles. The lowest BCUT2D eigenvalue weighted by molar-refractivity contribution is 0.0913. The Morgan fingerprint density at radius 3 is 2.50 bits per heavy atom. The van der Waals surface area contributed by atoms with Gasteiger partial charge in [-0.1, -0.05) is 35.3 Å². The van der Waals surface area contributed by atoms with Gasteiger partial charge in [-0.05, 0) is 35.9 Å². The summed E-state index contributed by atoms with van der Waals surface area (Å²) in [5.41, 5.74) is 0.944. The molecule has 2 aromatic rings. The van der Waals surface area contributed by atoms with Crippen molar-refractivity contribution in [2.75, 3.05) is 13.7 Å². The van der Waals surface area contributed by atoms with Gasteiger partial charge in [0.1, 0.15) is 5.75 Å². The highest BCUT2D eigenvalue weighted by molar-refractivity contribution is 6.34. The molecule has 2 N–H and O–H groups in total. The SMILES string of the molecule is COc1ccccc1C(=O)NCC(O)c1cc(Cl)cc(Cl)c1. The number of hydrogen-bond donors (Lipinski definition) is 2. The smallest absolute Gasteiger partial charge is 0.255 e. The van der Waals surface area contributed by atoms with E-state index in [4.69, 9.17) is 27.9 Å². The van der Waals surface area contributed by atoms with E-state index in [1.54, 1.807) is 42.5 Å². The van der Waals surface area contributed by atoms with Crippen molar-refractivity contribution >= 4 is 29.1 Å². The Bertz CT molecular complexity index is 656. The summed E-state index contributed by atoms with van der Waals surface area (Å²) in [5, 5.41) is 13.6. The molecule has 0 aromatic heterocycles. The molecule has 0 aliphatic carbocycles. The normalized spacial score (nSPS) is 11.8. The number of carbonyl (C=O) groups excluding carboxylic acids is 1. The molecule has 1 atom stereocenters.